The molecule has 0 spiro atoms. The molecule has 2 heterocycles. The lowest BCUT2D eigenvalue weighted by Crippen LogP contribution is -2.37. The van der Waals surface area contributed by atoms with E-state index in [0.29, 0.717) is 23.4 Å². The highest BCUT2D eigenvalue weighted by atomic mass is 19.3. The largest absolute Gasteiger partial charge is 0.497 e. The van der Waals surface area contributed by atoms with Crippen LogP contribution in [0.25, 0.3) is 33.5 Å². The van der Waals surface area contributed by atoms with Crippen LogP contribution in [0.2, 0.25) is 0 Å². The molecule has 4 rings (SSSR count). The van der Waals surface area contributed by atoms with Gasteiger partial charge in [-0.15, -0.1) is 0 Å². The molecule has 210 valence electrons. The van der Waals surface area contributed by atoms with Crippen LogP contribution in [-0.4, -0.2) is 59.2 Å². The summed E-state index contributed by atoms with van der Waals surface area (Å²) in [4.78, 5) is 37.7. The summed E-state index contributed by atoms with van der Waals surface area (Å²) in [6.45, 7) is 0.947. The van der Waals surface area contributed by atoms with Gasteiger partial charge in [0.05, 0.1) is 12.5 Å². The molecule has 2 aromatic heterocycles. The van der Waals surface area contributed by atoms with Crippen LogP contribution < -0.4 is 20.3 Å². The summed E-state index contributed by atoms with van der Waals surface area (Å²) < 4.78 is 36.9. The predicted octanol–water partition coefficient (Wildman–Crippen LogP) is 4.32. The number of carbonyl (C=O) groups is 1. The minimum Gasteiger partial charge on any atom is -0.497 e. The van der Waals surface area contributed by atoms with Crippen LogP contribution in [0, 0.1) is 0 Å². The molecule has 9 nitrogen and oxygen atoms in total. The van der Waals surface area contributed by atoms with Crippen LogP contribution in [0.15, 0.2) is 59.5 Å². The van der Waals surface area contributed by atoms with E-state index >= 15 is 0 Å². The molecule has 0 fully saturated rings. The quantitative estimate of drug-likeness (QED) is 0.313. The summed E-state index contributed by atoms with van der Waals surface area (Å²) in [5.41, 5.74) is 2.47. The SMILES string of the molecule is COc1cc(CN(C)C)cc(-c2cnc3nc(-c4cccc(OC(F)F)c4)n(CC(=O)NC(C)C)c(=O)c3c2)c1. The maximum atomic E-state index is 13.8. The van der Waals surface area contributed by atoms with Crippen molar-refractivity contribution in [3.8, 4) is 34.0 Å². The second-order valence-corrected chi connectivity index (χ2v) is 9.86. The normalized spacial score (nSPS) is 11.4. The number of halogens is 2. The number of rotatable bonds is 10. The Bertz CT molecular complexity index is 1590. The van der Waals surface area contributed by atoms with Gasteiger partial charge < -0.3 is 19.7 Å². The summed E-state index contributed by atoms with van der Waals surface area (Å²) in [6, 6.07) is 13.1. The highest BCUT2D eigenvalue weighted by Gasteiger charge is 2.19. The minimum atomic E-state index is -3.02. The van der Waals surface area contributed by atoms with Gasteiger partial charge in [0, 0.05) is 29.9 Å². The second-order valence-electron chi connectivity index (χ2n) is 9.86. The Morgan fingerprint density at radius 3 is 2.48 bits per heavy atom. The van der Waals surface area contributed by atoms with Gasteiger partial charge in [0.1, 0.15) is 23.9 Å². The first kappa shape index (κ1) is 28.6. The average Bonchev–Trinajstić information content (AvgIpc) is 2.88. The number of nitrogens with one attached hydrogen (secondary N) is 1. The van der Waals surface area contributed by atoms with Gasteiger partial charge in [-0.25, -0.2) is 9.97 Å². The van der Waals surface area contributed by atoms with Crippen molar-refractivity contribution >= 4 is 16.9 Å². The maximum Gasteiger partial charge on any atom is 0.387 e. The molecule has 0 bridgehead atoms. The van der Waals surface area contributed by atoms with E-state index in [1.54, 1.807) is 39.3 Å². The number of hydrogen-bond donors (Lipinski definition) is 1. The number of hydrogen-bond acceptors (Lipinski definition) is 7. The standard InChI is InChI=1S/C29H31F2N5O4/c1-17(2)33-25(37)16-36-27(19-7-6-8-22(11-19)40-29(30)31)34-26-24(28(36)38)13-21(14-32-26)20-9-18(15-35(3)4)10-23(12-20)39-5/h6-14,17,29H,15-16H2,1-5H3,(H,33,37). The lowest BCUT2D eigenvalue weighted by atomic mass is 10.0. The monoisotopic (exact) mass is 551 g/mol. The first-order valence-electron chi connectivity index (χ1n) is 12.6. The third-order valence-corrected chi connectivity index (χ3v) is 5.91. The number of fused-ring (bicyclic) bond motifs is 1. The second kappa shape index (κ2) is 12.2. The molecule has 0 saturated heterocycles. The molecular formula is C29H31F2N5O4. The fraction of sp³-hybridized carbons (Fsp3) is 0.310. The lowest BCUT2D eigenvalue weighted by Gasteiger charge is -2.16. The number of nitrogens with zero attached hydrogens (tertiary/aromatic N) is 4. The van der Waals surface area contributed by atoms with Crippen LogP contribution in [0.3, 0.4) is 0 Å². The molecule has 0 aliphatic heterocycles. The van der Waals surface area contributed by atoms with Crippen molar-refractivity contribution in [2.45, 2.75) is 39.6 Å². The molecule has 2 aromatic carbocycles. The van der Waals surface area contributed by atoms with Gasteiger partial charge >= 0.3 is 6.61 Å². The fourth-order valence-electron chi connectivity index (χ4n) is 4.36. The van der Waals surface area contributed by atoms with Gasteiger partial charge in [0.15, 0.2) is 5.65 Å². The van der Waals surface area contributed by atoms with Crippen molar-refractivity contribution in [2.75, 3.05) is 21.2 Å². The van der Waals surface area contributed by atoms with Crippen molar-refractivity contribution < 1.29 is 23.0 Å². The molecule has 0 radical (unpaired) electrons. The van der Waals surface area contributed by atoms with Gasteiger partial charge in [-0.1, -0.05) is 12.1 Å². The number of benzene rings is 2. The maximum absolute atomic E-state index is 13.8. The number of carbonyl (C=O) groups excluding carboxylic acids is 1. The minimum absolute atomic E-state index is 0.102. The third kappa shape index (κ3) is 6.78. The van der Waals surface area contributed by atoms with E-state index < -0.39 is 18.1 Å². The number of aromatic nitrogens is 3. The van der Waals surface area contributed by atoms with Crippen molar-refractivity contribution in [3.63, 3.8) is 0 Å². The van der Waals surface area contributed by atoms with Gasteiger partial charge in [-0.3, -0.25) is 14.2 Å². The zero-order valence-electron chi connectivity index (χ0n) is 22.9. The number of ether oxygens (including phenoxy) is 2. The van der Waals surface area contributed by atoms with Gasteiger partial charge in [-0.2, -0.15) is 8.78 Å². The number of pyridine rings is 1. The predicted molar refractivity (Wildman–Crippen MR) is 149 cm³/mol. The Hall–Kier alpha value is -4.38. The molecule has 1 amide bonds. The Kier molecular flexibility index (Phi) is 8.73. The van der Waals surface area contributed by atoms with Crippen LogP contribution in [0.5, 0.6) is 11.5 Å². The van der Waals surface area contributed by atoms with E-state index in [0.717, 1.165) is 11.1 Å². The molecular weight excluding hydrogens is 520 g/mol. The van der Waals surface area contributed by atoms with Crippen molar-refractivity contribution in [1.82, 2.24) is 24.8 Å². The summed E-state index contributed by atoms with van der Waals surface area (Å²) >= 11 is 0. The summed E-state index contributed by atoms with van der Waals surface area (Å²) in [7, 11) is 5.52. The molecule has 40 heavy (non-hydrogen) atoms. The van der Waals surface area contributed by atoms with E-state index in [1.807, 2.05) is 37.2 Å². The van der Waals surface area contributed by atoms with Crippen molar-refractivity contribution in [1.29, 1.82) is 0 Å². The van der Waals surface area contributed by atoms with Gasteiger partial charge in [0.2, 0.25) is 5.91 Å². The molecule has 11 heteroatoms. The molecule has 0 unspecified atom stereocenters. The molecule has 0 aliphatic rings. The van der Waals surface area contributed by atoms with Crippen LogP contribution in [0.1, 0.15) is 19.4 Å². The zero-order chi connectivity index (χ0) is 29.0. The Balaban J connectivity index is 1.88. The van der Waals surface area contributed by atoms with E-state index in [9.17, 15) is 18.4 Å². The molecule has 4 aromatic rings. The van der Waals surface area contributed by atoms with Crippen molar-refractivity contribution in [2.24, 2.45) is 0 Å². The van der Waals surface area contributed by atoms with Gasteiger partial charge in [-0.05, 0) is 75.5 Å². The number of methoxy groups -OCH3 is 1. The van der Waals surface area contributed by atoms with Crippen LogP contribution in [-0.2, 0) is 17.9 Å². The number of alkyl halides is 2. The fourth-order valence-corrected chi connectivity index (χ4v) is 4.36. The summed E-state index contributed by atoms with van der Waals surface area (Å²) in [6.07, 6.45) is 1.61. The summed E-state index contributed by atoms with van der Waals surface area (Å²) in [5, 5.41) is 2.97. The van der Waals surface area contributed by atoms with Crippen molar-refractivity contribution in [3.05, 3.63) is 70.6 Å². The molecule has 0 aliphatic carbocycles. The van der Waals surface area contributed by atoms with E-state index in [2.05, 4.69) is 20.0 Å². The Morgan fingerprint density at radius 2 is 1.80 bits per heavy atom. The Labute approximate surface area is 230 Å². The van der Waals surface area contributed by atoms with E-state index in [4.69, 9.17) is 4.74 Å². The molecule has 0 saturated carbocycles. The van der Waals surface area contributed by atoms with Crippen LogP contribution >= 0.6 is 0 Å². The summed E-state index contributed by atoms with van der Waals surface area (Å²) in [5.74, 6) is 0.266. The number of amides is 1. The third-order valence-electron chi connectivity index (χ3n) is 5.91. The topological polar surface area (TPSA) is 98.6 Å². The van der Waals surface area contributed by atoms with E-state index in [-0.39, 0.29) is 35.2 Å². The Morgan fingerprint density at radius 1 is 1.05 bits per heavy atom. The highest BCUT2D eigenvalue weighted by molar-refractivity contribution is 5.83. The first-order chi connectivity index (χ1) is 19.0. The average molecular weight is 552 g/mol. The molecule has 1 N–H and O–H groups in total. The first-order valence-corrected chi connectivity index (χ1v) is 12.6. The van der Waals surface area contributed by atoms with Gasteiger partial charge in [0.25, 0.3) is 5.56 Å². The van der Waals surface area contributed by atoms with E-state index in [1.165, 1.54) is 22.8 Å². The lowest BCUT2D eigenvalue weighted by molar-refractivity contribution is -0.122. The van der Waals surface area contributed by atoms with Crippen LogP contribution in [0.4, 0.5) is 8.78 Å². The highest BCUT2D eigenvalue weighted by Crippen LogP contribution is 2.29. The molecule has 0 atom stereocenters. The smallest absolute Gasteiger partial charge is 0.387 e. The zero-order valence-corrected chi connectivity index (χ0v) is 22.9.